The number of hydrogen-bond acceptors (Lipinski definition) is 2. The highest BCUT2D eigenvalue weighted by Gasteiger charge is 2.51. The third-order valence-corrected chi connectivity index (χ3v) is 1.92. The summed E-state index contributed by atoms with van der Waals surface area (Å²) in [6, 6.07) is 0. The van der Waals surface area contributed by atoms with Crippen molar-refractivity contribution < 1.29 is 22.7 Å². The predicted octanol–water partition coefficient (Wildman–Crippen LogP) is 0.931. The molecule has 6 heteroatoms. The van der Waals surface area contributed by atoms with Crippen molar-refractivity contribution in [3.63, 3.8) is 0 Å². The molecule has 0 saturated heterocycles. The molecule has 0 radical (unpaired) electrons. The van der Waals surface area contributed by atoms with E-state index in [9.17, 15) is 18.0 Å². The molecule has 0 heterocycles. The van der Waals surface area contributed by atoms with Crippen LogP contribution in [0.2, 0.25) is 0 Å². The minimum absolute atomic E-state index is 0.0574. The first-order valence-corrected chi connectivity index (χ1v) is 3.43. The van der Waals surface area contributed by atoms with E-state index in [1.165, 1.54) is 0 Å². The lowest BCUT2D eigenvalue weighted by atomic mass is 9.79. The molecule has 0 aliphatic heterocycles. The van der Waals surface area contributed by atoms with Crippen molar-refractivity contribution in [3.8, 4) is 0 Å². The van der Waals surface area contributed by atoms with Gasteiger partial charge in [0.1, 0.15) is 0 Å². The van der Waals surface area contributed by atoms with Crippen molar-refractivity contribution in [3.05, 3.63) is 0 Å². The molecule has 0 spiro atoms. The van der Waals surface area contributed by atoms with Crippen molar-refractivity contribution in [2.75, 3.05) is 0 Å². The van der Waals surface area contributed by atoms with E-state index in [1.54, 1.807) is 0 Å². The molecule has 0 bridgehead atoms. The molecule has 3 nitrogen and oxygen atoms in total. The first-order valence-electron chi connectivity index (χ1n) is 3.43. The summed E-state index contributed by atoms with van der Waals surface area (Å²) in [6.45, 7) is 0. The Labute approximate surface area is 66.7 Å². The Bertz CT molecular complexity index is 197. The number of halogens is 3. The van der Waals surface area contributed by atoms with E-state index < -0.39 is 17.9 Å². The molecular weight excluding hydrogens is 175 g/mol. The minimum Gasteiger partial charge on any atom is -0.367 e. The van der Waals surface area contributed by atoms with Gasteiger partial charge in [0.05, 0.1) is 0 Å². The van der Waals surface area contributed by atoms with Crippen LogP contribution in [0.4, 0.5) is 13.2 Å². The molecular formula is C6H8F3NO2. The van der Waals surface area contributed by atoms with Crippen LogP contribution < -0.4 is 5.73 Å². The van der Waals surface area contributed by atoms with Crippen LogP contribution in [0.3, 0.4) is 0 Å². The third kappa shape index (κ3) is 1.69. The molecule has 1 rings (SSSR count). The van der Waals surface area contributed by atoms with Gasteiger partial charge < -0.3 is 5.73 Å². The van der Waals surface area contributed by atoms with Crippen molar-refractivity contribution in [2.24, 2.45) is 5.73 Å². The molecule has 0 aromatic heterocycles. The monoisotopic (exact) mass is 183 g/mol. The molecule has 1 aliphatic rings. The second kappa shape index (κ2) is 2.62. The fourth-order valence-electron chi connectivity index (χ4n) is 1.12. The van der Waals surface area contributed by atoms with Crippen LogP contribution in [0, 0.1) is 0 Å². The molecule has 2 N–H and O–H groups in total. The van der Waals surface area contributed by atoms with Gasteiger partial charge in [0.15, 0.2) is 5.60 Å². The summed E-state index contributed by atoms with van der Waals surface area (Å²) in [7, 11) is 0. The topological polar surface area (TPSA) is 52.3 Å². The largest absolute Gasteiger partial charge is 0.523 e. The zero-order chi connectivity index (χ0) is 9.41. The molecule has 1 fully saturated rings. The number of rotatable bonds is 2. The maximum Gasteiger partial charge on any atom is 0.523 e. The van der Waals surface area contributed by atoms with Crippen molar-refractivity contribution in [1.82, 2.24) is 0 Å². The number of hydrogen-bond donors (Lipinski definition) is 1. The molecule has 1 saturated carbocycles. The molecule has 0 atom stereocenters. The summed E-state index contributed by atoms with van der Waals surface area (Å²) < 4.78 is 38.8. The maximum absolute atomic E-state index is 11.7. The van der Waals surface area contributed by atoms with E-state index in [0.717, 1.165) is 0 Å². The zero-order valence-electron chi connectivity index (χ0n) is 6.15. The molecule has 1 amide bonds. The zero-order valence-corrected chi connectivity index (χ0v) is 6.15. The summed E-state index contributed by atoms with van der Waals surface area (Å²) in [5.74, 6) is -1.04. The number of primary amides is 1. The Morgan fingerprint density at radius 3 is 2.00 bits per heavy atom. The summed E-state index contributed by atoms with van der Waals surface area (Å²) in [5.41, 5.74) is 3.00. The van der Waals surface area contributed by atoms with Gasteiger partial charge in [0, 0.05) is 0 Å². The quantitative estimate of drug-likeness (QED) is 0.692. The fraction of sp³-hybridized carbons (Fsp3) is 0.833. The minimum atomic E-state index is -4.78. The molecule has 0 aromatic rings. The van der Waals surface area contributed by atoms with Crippen LogP contribution in [-0.2, 0) is 9.53 Å². The van der Waals surface area contributed by atoms with Gasteiger partial charge in [-0.1, -0.05) is 0 Å². The molecule has 1 aliphatic carbocycles. The lowest BCUT2D eigenvalue weighted by molar-refractivity contribution is -0.369. The van der Waals surface area contributed by atoms with E-state index in [-0.39, 0.29) is 12.8 Å². The number of alkyl halides is 3. The van der Waals surface area contributed by atoms with Gasteiger partial charge in [-0.2, -0.15) is 0 Å². The highest BCUT2D eigenvalue weighted by atomic mass is 19.4. The molecule has 70 valence electrons. The number of amides is 1. The van der Waals surface area contributed by atoms with Crippen LogP contribution in [0.5, 0.6) is 0 Å². The Morgan fingerprint density at radius 2 is 1.92 bits per heavy atom. The Balaban J connectivity index is 2.63. The van der Waals surface area contributed by atoms with Crippen LogP contribution in [0.15, 0.2) is 0 Å². The average Bonchev–Trinajstić information content (AvgIpc) is 1.75. The second-order valence-electron chi connectivity index (χ2n) is 2.76. The number of carbonyl (C=O) groups is 1. The van der Waals surface area contributed by atoms with Crippen molar-refractivity contribution >= 4 is 5.91 Å². The first kappa shape index (κ1) is 9.31. The van der Waals surface area contributed by atoms with Gasteiger partial charge in [-0.3, -0.25) is 9.53 Å². The lowest BCUT2D eigenvalue weighted by Crippen LogP contribution is -2.54. The molecule has 12 heavy (non-hydrogen) atoms. The summed E-state index contributed by atoms with van der Waals surface area (Å²) in [4.78, 5) is 10.6. The van der Waals surface area contributed by atoms with E-state index >= 15 is 0 Å². The van der Waals surface area contributed by atoms with Crippen LogP contribution in [-0.4, -0.2) is 17.9 Å². The van der Waals surface area contributed by atoms with Gasteiger partial charge >= 0.3 is 6.36 Å². The van der Waals surface area contributed by atoms with Gasteiger partial charge in [0.2, 0.25) is 5.91 Å². The molecule has 0 aromatic carbocycles. The summed E-state index contributed by atoms with van der Waals surface area (Å²) in [5, 5.41) is 0. The summed E-state index contributed by atoms with van der Waals surface area (Å²) >= 11 is 0. The van der Waals surface area contributed by atoms with Crippen LogP contribution >= 0.6 is 0 Å². The average molecular weight is 183 g/mol. The van der Waals surface area contributed by atoms with E-state index in [4.69, 9.17) is 5.73 Å². The van der Waals surface area contributed by atoms with Gasteiger partial charge in [-0.05, 0) is 19.3 Å². The first-order chi connectivity index (χ1) is 5.36. The predicted molar refractivity (Wildman–Crippen MR) is 32.9 cm³/mol. The Kier molecular flexibility index (Phi) is 2.03. The Hall–Kier alpha value is -0.780. The third-order valence-electron chi connectivity index (χ3n) is 1.92. The number of nitrogens with two attached hydrogens (primary N) is 1. The standard InChI is InChI=1S/C6H8F3NO2/c7-6(8,9)12-5(4(10)11)2-1-3-5/h1-3H2,(H2,10,11). The highest BCUT2D eigenvalue weighted by molar-refractivity contribution is 5.84. The highest BCUT2D eigenvalue weighted by Crippen LogP contribution is 2.39. The number of ether oxygens (including phenoxy) is 1. The SMILES string of the molecule is NC(=O)C1(OC(F)(F)F)CCC1. The van der Waals surface area contributed by atoms with E-state index in [0.29, 0.717) is 6.42 Å². The van der Waals surface area contributed by atoms with E-state index in [1.807, 2.05) is 0 Å². The Morgan fingerprint density at radius 1 is 1.42 bits per heavy atom. The van der Waals surface area contributed by atoms with Crippen molar-refractivity contribution in [1.29, 1.82) is 0 Å². The van der Waals surface area contributed by atoms with Crippen LogP contribution in [0.1, 0.15) is 19.3 Å². The van der Waals surface area contributed by atoms with Gasteiger partial charge in [-0.25, -0.2) is 0 Å². The second-order valence-corrected chi connectivity index (χ2v) is 2.76. The maximum atomic E-state index is 11.7. The lowest BCUT2D eigenvalue weighted by Gasteiger charge is -2.38. The smallest absolute Gasteiger partial charge is 0.367 e. The van der Waals surface area contributed by atoms with Crippen LogP contribution in [0.25, 0.3) is 0 Å². The van der Waals surface area contributed by atoms with Crippen molar-refractivity contribution in [2.45, 2.75) is 31.2 Å². The van der Waals surface area contributed by atoms with E-state index in [2.05, 4.69) is 4.74 Å². The normalized spacial score (nSPS) is 21.6. The number of carbonyl (C=O) groups excluding carboxylic acids is 1. The summed E-state index contributed by atoms with van der Waals surface area (Å²) in [6.07, 6.45) is -4.13. The fourth-order valence-corrected chi connectivity index (χ4v) is 1.12. The van der Waals surface area contributed by atoms with Gasteiger partial charge in [-0.15, -0.1) is 13.2 Å². The molecule has 0 unspecified atom stereocenters. The van der Waals surface area contributed by atoms with Gasteiger partial charge in [0.25, 0.3) is 0 Å².